The fourth-order valence-electron chi connectivity index (χ4n) is 3.80. The van der Waals surface area contributed by atoms with Crippen LogP contribution in [-0.2, 0) is 4.74 Å². The summed E-state index contributed by atoms with van der Waals surface area (Å²) in [5.74, 6) is -1.99. The average Bonchev–Trinajstić information content (AvgIpc) is 2.66. The molecule has 1 heterocycles. The predicted octanol–water partition coefficient (Wildman–Crippen LogP) is 4.26. The summed E-state index contributed by atoms with van der Waals surface area (Å²) in [5, 5.41) is 3.41. The van der Waals surface area contributed by atoms with Crippen LogP contribution >= 0.6 is 0 Å². The summed E-state index contributed by atoms with van der Waals surface area (Å²) in [5.41, 5.74) is 0. The molecule has 0 spiro atoms. The van der Waals surface area contributed by atoms with Gasteiger partial charge in [-0.3, -0.25) is 0 Å². The van der Waals surface area contributed by atoms with Gasteiger partial charge in [0.15, 0.2) is 11.6 Å². The number of carbonyl (C=O) groups excluding carboxylic acids is 1. The number of amides is 1. The van der Waals surface area contributed by atoms with Crippen LogP contribution in [-0.4, -0.2) is 49.4 Å². The molecule has 156 valence electrons. The molecule has 1 aromatic rings. The van der Waals surface area contributed by atoms with Crippen LogP contribution in [0.5, 0.6) is 5.75 Å². The van der Waals surface area contributed by atoms with E-state index in [2.05, 4.69) is 5.32 Å². The van der Waals surface area contributed by atoms with E-state index < -0.39 is 17.7 Å². The Morgan fingerprint density at radius 3 is 2.54 bits per heavy atom. The van der Waals surface area contributed by atoms with Gasteiger partial charge >= 0.3 is 6.09 Å². The summed E-state index contributed by atoms with van der Waals surface area (Å²) in [6.45, 7) is 1.96. The van der Waals surface area contributed by atoms with E-state index >= 15 is 0 Å². The zero-order chi connectivity index (χ0) is 19.9. The van der Waals surface area contributed by atoms with Crippen molar-refractivity contribution in [1.29, 1.82) is 0 Å². The summed E-state index contributed by atoms with van der Waals surface area (Å²) in [6, 6.07) is 3.87. The Morgan fingerprint density at radius 2 is 1.89 bits per heavy atom. The number of nitrogens with zero attached hydrogens (tertiary/aromatic N) is 1. The lowest BCUT2D eigenvalue weighted by molar-refractivity contribution is 0.0102. The van der Waals surface area contributed by atoms with Crippen LogP contribution in [0.25, 0.3) is 0 Å². The average molecular weight is 396 g/mol. The van der Waals surface area contributed by atoms with Crippen LogP contribution in [0.15, 0.2) is 18.2 Å². The van der Waals surface area contributed by atoms with Gasteiger partial charge in [0.1, 0.15) is 5.75 Å². The maximum Gasteiger partial charge on any atom is 0.415 e. The minimum Gasteiger partial charge on any atom is -0.410 e. The number of rotatable bonds is 8. The number of unbranched alkanes of at least 4 members (excludes halogenated alkanes) is 1. The first-order chi connectivity index (χ1) is 13.5. The molecule has 1 aliphatic heterocycles. The van der Waals surface area contributed by atoms with Gasteiger partial charge in [-0.25, -0.2) is 13.6 Å². The Kier molecular flexibility index (Phi) is 7.62. The van der Waals surface area contributed by atoms with E-state index in [9.17, 15) is 13.6 Å². The second kappa shape index (κ2) is 10.2. The van der Waals surface area contributed by atoms with E-state index in [1.165, 1.54) is 25.3 Å². The maximum atomic E-state index is 13.2. The number of benzene rings is 1. The number of nitrogens with one attached hydrogen (secondary N) is 1. The van der Waals surface area contributed by atoms with Crippen molar-refractivity contribution < 1.29 is 23.0 Å². The molecule has 2 fully saturated rings. The molecule has 0 aromatic heterocycles. The summed E-state index contributed by atoms with van der Waals surface area (Å²) in [7, 11) is 1.68. The molecule has 2 aliphatic rings. The molecule has 0 radical (unpaired) electrons. The van der Waals surface area contributed by atoms with Gasteiger partial charge in [0, 0.05) is 31.8 Å². The van der Waals surface area contributed by atoms with Gasteiger partial charge in [0.2, 0.25) is 0 Å². The van der Waals surface area contributed by atoms with E-state index in [1.807, 2.05) is 0 Å². The van der Waals surface area contributed by atoms with Crippen molar-refractivity contribution in [2.24, 2.45) is 0 Å². The minimum atomic E-state index is -1.03. The lowest BCUT2D eigenvalue weighted by Crippen LogP contribution is -2.42. The second-order valence-corrected chi connectivity index (χ2v) is 7.79. The first kappa shape index (κ1) is 21.0. The molecule has 1 atom stereocenters. The Labute approximate surface area is 165 Å². The third-order valence-electron chi connectivity index (χ3n) is 5.80. The molecule has 0 bridgehead atoms. The van der Waals surface area contributed by atoms with Gasteiger partial charge in [0.05, 0.1) is 6.10 Å². The zero-order valence-corrected chi connectivity index (χ0v) is 16.5. The molecule has 1 unspecified atom stereocenters. The lowest BCUT2D eigenvalue weighted by atomic mass is 9.92. The Bertz CT molecular complexity index is 647. The highest BCUT2D eigenvalue weighted by molar-refractivity contribution is 5.70. The van der Waals surface area contributed by atoms with E-state index in [4.69, 9.17) is 9.47 Å². The molecule has 1 aliphatic carbocycles. The van der Waals surface area contributed by atoms with Crippen LogP contribution < -0.4 is 10.1 Å². The van der Waals surface area contributed by atoms with Crippen LogP contribution in [0.1, 0.15) is 51.4 Å². The highest BCUT2D eigenvalue weighted by Crippen LogP contribution is 2.26. The SMILES string of the molecule is CN(C(=O)Oc1ccc(F)c(F)c1)C1CCC(OCCCCC2CCN2)CC1. The number of ether oxygens (including phenoxy) is 2. The van der Waals surface area contributed by atoms with E-state index in [-0.39, 0.29) is 17.9 Å². The quantitative estimate of drug-likeness (QED) is 0.668. The molecule has 28 heavy (non-hydrogen) atoms. The normalized spacial score (nSPS) is 24.5. The van der Waals surface area contributed by atoms with Crippen molar-refractivity contribution in [2.75, 3.05) is 20.2 Å². The fourth-order valence-corrected chi connectivity index (χ4v) is 3.80. The van der Waals surface area contributed by atoms with Crippen molar-refractivity contribution in [3.8, 4) is 5.75 Å². The molecule has 1 N–H and O–H groups in total. The molecule has 1 aromatic carbocycles. The van der Waals surface area contributed by atoms with Gasteiger partial charge in [0.25, 0.3) is 0 Å². The smallest absolute Gasteiger partial charge is 0.410 e. The largest absolute Gasteiger partial charge is 0.415 e. The molecule has 5 nitrogen and oxygen atoms in total. The summed E-state index contributed by atoms with van der Waals surface area (Å²) < 4.78 is 37.4. The van der Waals surface area contributed by atoms with Crippen molar-refractivity contribution in [1.82, 2.24) is 10.2 Å². The highest BCUT2D eigenvalue weighted by Gasteiger charge is 2.28. The molecule has 1 amide bonds. The number of hydrogen-bond acceptors (Lipinski definition) is 4. The van der Waals surface area contributed by atoms with Crippen molar-refractivity contribution in [3.05, 3.63) is 29.8 Å². The Balaban J connectivity index is 1.32. The van der Waals surface area contributed by atoms with Crippen LogP contribution in [0, 0.1) is 11.6 Å². The second-order valence-electron chi connectivity index (χ2n) is 7.79. The van der Waals surface area contributed by atoms with Gasteiger partial charge in [-0.05, 0) is 70.0 Å². The van der Waals surface area contributed by atoms with Gasteiger partial charge in [-0.1, -0.05) is 0 Å². The van der Waals surface area contributed by atoms with E-state index in [0.717, 1.165) is 63.4 Å². The molecular weight excluding hydrogens is 366 g/mol. The Hall–Kier alpha value is -1.73. The fraction of sp³-hybridized carbons (Fsp3) is 0.667. The predicted molar refractivity (Wildman–Crippen MR) is 102 cm³/mol. The summed E-state index contributed by atoms with van der Waals surface area (Å²) in [6.07, 6.45) is 8.06. The lowest BCUT2D eigenvalue weighted by Gasteiger charge is -2.34. The first-order valence-corrected chi connectivity index (χ1v) is 10.3. The summed E-state index contributed by atoms with van der Waals surface area (Å²) in [4.78, 5) is 13.8. The zero-order valence-electron chi connectivity index (χ0n) is 16.5. The molecular formula is C21H30F2N2O3. The monoisotopic (exact) mass is 396 g/mol. The maximum absolute atomic E-state index is 13.2. The number of halogens is 2. The molecule has 1 saturated carbocycles. The number of hydrogen-bond donors (Lipinski definition) is 1. The van der Waals surface area contributed by atoms with E-state index in [0.29, 0.717) is 0 Å². The van der Waals surface area contributed by atoms with Gasteiger partial charge < -0.3 is 19.7 Å². The summed E-state index contributed by atoms with van der Waals surface area (Å²) >= 11 is 0. The third-order valence-corrected chi connectivity index (χ3v) is 5.80. The van der Waals surface area contributed by atoms with Crippen molar-refractivity contribution in [2.45, 2.75) is 69.6 Å². The first-order valence-electron chi connectivity index (χ1n) is 10.3. The van der Waals surface area contributed by atoms with E-state index in [1.54, 1.807) is 11.9 Å². The number of carbonyl (C=O) groups is 1. The third kappa shape index (κ3) is 5.88. The standard InChI is InChI=1S/C21H30F2N2O3/c1-25(21(26)28-18-9-10-19(22)20(23)14-18)16-5-7-17(8-6-16)27-13-3-2-4-15-11-12-24-15/h9-10,14-17,24H,2-8,11-13H2,1H3. The molecule has 3 rings (SSSR count). The van der Waals surface area contributed by atoms with Crippen LogP contribution in [0.4, 0.5) is 13.6 Å². The topological polar surface area (TPSA) is 50.8 Å². The van der Waals surface area contributed by atoms with Gasteiger partial charge in [-0.2, -0.15) is 0 Å². The molecule has 1 saturated heterocycles. The highest BCUT2D eigenvalue weighted by atomic mass is 19.2. The molecule has 7 heteroatoms. The van der Waals surface area contributed by atoms with Crippen molar-refractivity contribution in [3.63, 3.8) is 0 Å². The minimum absolute atomic E-state index is 0.00451. The van der Waals surface area contributed by atoms with Crippen molar-refractivity contribution >= 4 is 6.09 Å². The van der Waals surface area contributed by atoms with Crippen LogP contribution in [0.2, 0.25) is 0 Å². The van der Waals surface area contributed by atoms with Crippen LogP contribution in [0.3, 0.4) is 0 Å². The van der Waals surface area contributed by atoms with Gasteiger partial charge in [-0.15, -0.1) is 0 Å². The Morgan fingerprint density at radius 1 is 1.14 bits per heavy atom.